The van der Waals surface area contributed by atoms with Crippen molar-refractivity contribution in [3.8, 4) is 0 Å². The first-order chi connectivity index (χ1) is 14.6. The zero-order chi connectivity index (χ0) is 20.7. The summed E-state index contributed by atoms with van der Waals surface area (Å²) in [7, 11) is 1.77. The number of carbonyl (C=O) groups excluding carboxylic acids is 1. The molecule has 1 aromatic carbocycles. The number of pyridine rings is 2. The van der Waals surface area contributed by atoms with E-state index in [2.05, 4.69) is 11.0 Å². The van der Waals surface area contributed by atoms with Gasteiger partial charge in [0.25, 0.3) is 11.5 Å². The lowest BCUT2D eigenvalue weighted by Crippen LogP contribution is -2.36. The van der Waals surface area contributed by atoms with E-state index in [0.29, 0.717) is 5.56 Å². The van der Waals surface area contributed by atoms with Crippen molar-refractivity contribution in [1.82, 2.24) is 14.5 Å². The molecular formula is C24H26N4O2. The average Bonchev–Trinajstić information content (AvgIpc) is 2.80. The van der Waals surface area contributed by atoms with Gasteiger partial charge in [-0.2, -0.15) is 0 Å². The van der Waals surface area contributed by atoms with Gasteiger partial charge in [-0.3, -0.25) is 9.59 Å². The van der Waals surface area contributed by atoms with Crippen molar-refractivity contribution in [3.05, 3.63) is 64.2 Å². The number of fused-ring (bicyclic) bond motifs is 2. The largest absolute Gasteiger partial charge is 0.339 e. The Labute approximate surface area is 175 Å². The molecule has 30 heavy (non-hydrogen) atoms. The van der Waals surface area contributed by atoms with Crippen LogP contribution in [0.2, 0.25) is 0 Å². The minimum absolute atomic E-state index is 0.0112. The molecule has 3 aromatic rings. The molecule has 2 aromatic heterocycles. The molecule has 4 heterocycles. The topological polar surface area (TPSA) is 58.4 Å². The summed E-state index contributed by atoms with van der Waals surface area (Å²) in [5.74, 6) is 1.02. The van der Waals surface area contributed by atoms with Crippen molar-refractivity contribution in [3.63, 3.8) is 0 Å². The number of nitrogens with zero attached hydrogens (tertiary/aromatic N) is 4. The molecule has 0 N–H and O–H groups in total. The highest BCUT2D eigenvalue weighted by Crippen LogP contribution is 2.33. The predicted octanol–water partition coefficient (Wildman–Crippen LogP) is 3.64. The van der Waals surface area contributed by atoms with Gasteiger partial charge < -0.3 is 14.4 Å². The van der Waals surface area contributed by atoms with Gasteiger partial charge in [-0.05, 0) is 73.4 Å². The molecule has 0 spiro atoms. The van der Waals surface area contributed by atoms with E-state index in [0.717, 1.165) is 73.2 Å². The number of hydrogen-bond donors (Lipinski definition) is 0. The van der Waals surface area contributed by atoms with Crippen molar-refractivity contribution in [2.24, 2.45) is 7.05 Å². The molecule has 1 amide bonds. The molecule has 2 aliphatic heterocycles. The Morgan fingerprint density at radius 2 is 1.83 bits per heavy atom. The van der Waals surface area contributed by atoms with Crippen LogP contribution in [0.15, 0.2) is 47.5 Å². The number of benzene rings is 1. The lowest BCUT2D eigenvalue weighted by Gasteiger charge is -2.31. The van der Waals surface area contributed by atoms with Crippen LogP contribution in [0.25, 0.3) is 10.8 Å². The van der Waals surface area contributed by atoms with Gasteiger partial charge in [0.05, 0.1) is 5.56 Å². The molecule has 6 nitrogen and oxygen atoms in total. The fraction of sp³-hybridized carbons (Fsp3) is 0.375. The van der Waals surface area contributed by atoms with E-state index in [1.807, 2.05) is 29.2 Å². The highest BCUT2D eigenvalue weighted by molar-refractivity contribution is 5.94. The van der Waals surface area contributed by atoms with E-state index in [1.54, 1.807) is 24.0 Å². The van der Waals surface area contributed by atoms with Crippen LogP contribution >= 0.6 is 0 Å². The van der Waals surface area contributed by atoms with Crippen LogP contribution in [0.3, 0.4) is 0 Å². The molecule has 0 unspecified atom stereocenters. The summed E-state index contributed by atoms with van der Waals surface area (Å²) in [5.41, 5.74) is 2.85. The first kappa shape index (κ1) is 18.9. The van der Waals surface area contributed by atoms with E-state index < -0.39 is 0 Å². The molecule has 0 bridgehead atoms. The quantitative estimate of drug-likeness (QED) is 0.657. The molecule has 1 saturated heterocycles. The van der Waals surface area contributed by atoms with Gasteiger partial charge in [-0.25, -0.2) is 4.98 Å². The van der Waals surface area contributed by atoms with Crippen molar-refractivity contribution in [1.29, 1.82) is 0 Å². The Hall–Kier alpha value is -3.15. The summed E-state index contributed by atoms with van der Waals surface area (Å²) in [5, 5.41) is 1.65. The Morgan fingerprint density at radius 3 is 2.67 bits per heavy atom. The Kier molecular flexibility index (Phi) is 4.77. The second kappa shape index (κ2) is 7.59. The maximum absolute atomic E-state index is 12.9. The first-order valence-corrected chi connectivity index (χ1v) is 10.8. The standard InChI is InChI=1S/C24H26N4O2/c1-26-13-9-17-15-20(7-8-21(17)24(26)30)28-12-5-6-18-14-19(16-25-22(18)28)23(29)27-10-3-2-4-11-27/h7-9,13-16H,2-6,10-12H2,1H3. The number of piperidine rings is 1. The fourth-order valence-corrected chi connectivity index (χ4v) is 4.61. The minimum atomic E-state index is 0.0112. The third kappa shape index (κ3) is 3.26. The maximum atomic E-state index is 12.9. The number of aryl methyl sites for hydroxylation is 2. The van der Waals surface area contributed by atoms with Gasteiger partial charge in [0, 0.05) is 50.1 Å². The van der Waals surface area contributed by atoms with Crippen LogP contribution < -0.4 is 10.5 Å². The van der Waals surface area contributed by atoms with Crippen LogP contribution in [0, 0.1) is 0 Å². The zero-order valence-electron chi connectivity index (χ0n) is 17.3. The smallest absolute Gasteiger partial charge is 0.258 e. The highest BCUT2D eigenvalue weighted by atomic mass is 16.2. The Morgan fingerprint density at radius 1 is 1.00 bits per heavy atom. The molecule has 0 radical (unpaired) electrons. The number of hydrogen-bond acceptors (Lipinski definition) is 4. The van der Waals surface area contributed by atoms with Gasteiger partial charge in [0.15, 0.2) is 0 Å². The molecule has 2 aliphatic rings. The van der Waals surface area contributed by atoms with Crippen molar-refractivity contribution in [2.45, 2.75) is 32.1 Å². The van der Waals surface area contributed by atoms with Crippen molar-refractivity contribution in [2.75, 3.05) is 24.5 Å². The van der Waals surface area contributed by atoms with Gasteiger partial charge in [0.2, 0.25) is 0 Å². The van der Waals surface area contributed by atoms with Crippen LogP contribution in [-0.4, -0.2) is 40.0 Å². The number of rotatable bonds is 2. The molecule has 0 atom stereocenters. The molecule has 154 valence electrons. The molecular weight excluding hydrogens is 376 g/mol. The summed E-state index contributed by atoms with van der Waals surface area (Å²) in [6.07, 6.45) is 8.84. The maximum Gasteiger partial charge on any atom is 0.258 e. The molecule has 1 fully saturated rings. The summed E-state index contributed by atoms with van der Waals surface area (Å²) in [4.78, 5) is 34.1. The second-order valence-corrected chi connectivity index (χ2v) is 8.32. The lowest BCUT2D eigenvalue weighted by molar-refractivity contribution is 0.0724. The number of aromatic nitrogens is 2. The molecule has 0 saturated carbocycles. The van der Waals surface area contributed by atoms with Crippen LogP contribution in [-0.2, 0) is 13.5 Å². The minimum Gasteiger partial charge on any atom is -0.339 e. The van der Waals surface area contributed by atoms with Crippen LogP contribution in [0.4, 0.5) is 11.5 Å². The van der Waals surface area contributed by atoms with Crippen molar-refractivity contribution >= 4 is 28.2 Å². The molecule has 5 rings (SSSR count). The predicted molar refractivity (Wildman–Crippen MR) is 119 cm³/mol. The number of amides is 1. The number of carbonyl (C=O) groups is 1. The fourth-order valence-electron chi connectivity index (χ4n) is 4.61. The van der Waals surface area contributed by atoms with E-state index in [4.69, 9.17) is 4.98 Å². The number of likely N-dealkylation sites (tertiary alicyclic amines) is 1. The third-order valence-electron chi connectivity index (χ3n) is 6.29. The van der Waals surface area contributed by atoms with Crippen LogP contribution in [0.1, 0.15) is 41.6 Å². The van der Waals surface area contributed by atoms with E-state index >= 15 is 0 Å². The van der Waals surface area contributed by atoms with Gasteiger partial charge in [-0.1, -0.05) is 0 Å². The van der Waals surface area contributed by atoms with Gasteiger partial charge in [-0.15, -0.1) is 0 Å². The SMILES string of the molecule is Cn1ccc2cc(N3CCCc4cc(C(=O)N5CCCCC5)cnc43)ccc2c1=O. The number of anilines is 2. The van der Waals surface area contributed by atoms with E-state index in [-0.39, 0.29) is 11.5 Å². The summed E-state index contributed by atoms with van der Waals surface area (Å²) in [6.45, 7) is 2.56. The van der Waals surface area contributed by atoms with Gasteiger partial charge >= 0.3 is 0 Å². The summed E-state index contributed by atoms with van der Waals surface area (Å²) in [6, 6.07) is 9.95. The Bertz CT molecular complexity index is 1180. The molecule has 0 aliphatic carbocycles. The average molecular weight is 402 g/mol. The third-order valence-corrected chi connectivity index (χ3v) is 6.29. The zero-order valence-corrected chi connectivity index (χ0v) is 17.3. The van der Waals surface area contributed by atoms with E-state index in [1.165, 1.54) is 6.42 Å². The van der Waals surface area contributed by atoms with Crippen molar-refractivity contribution < 1.29 is 4.79 Å². The second-order valence-electron chi connectivity index (χ2n) is 8.32. The summed E-state index contributed by atoms with van der Waals surface area (Å²) >= 11 is 0. The van der Waals surface area contributed by atoms with Gasteiger partial charge in [0.1, 0.15) is 5.82 Å². The Balaban J connectivity index is 1.48. The first-order valence-electron chi connectivity index (χ1n) is 10.8. The van der Waals surface area contributed by atoms with Crippen LogP contribution in [0.5, 0.6) is 0 Å². The lowest BCUT2D eigenvalue weighted by atomic mass is 10.0. The normalized spacial score (nSPS) is 16.6. The monoisotopic (exact) mass is 402 g/mol. The molecule has 6 heteroatoms. The summed E-state index contributed by atoms with van der Waals surface area (Å²) < 4.78 is 1.60. The highest BCUT2D eigenvalue weighted by Gasteiger charge is 2.24. The van der Waals surface area contributed by atoms with E-state index in [9.17, 15) is 9.59 Å².